The minimum atomic E-state index is -0.878. The predicted molar refractivity (Wildman–Crippen MR) is 177 cm³/mol. The number of aryl methyl sites for hydroxylation is 1. The van der Waals surface area contributed by atoms with E-state index in [-0.39, 0.29) is 36.0 Å². The van der Waals surface area contributed by atoms with Crippen LogP contribution in [-0.4, -0.2) is 41.4 Å². The van der Waals surface area contributed by atoms with Crippen molar-refractivity contribution in [1.82, 2.24) is 0 Å². The standard InChI is InChI=1S/C39H40O6/c1-44-38-22-27(16-19-35(38)41)15-18-32(40)25-37(43)31(21-26-9-4-3-5-10-26)23-30-17-20-36(42)39(45-2)34(30)24-29-13-8-12-28-11-6-7-14-33(28)29/h3-14,16-17,19-20,22,31,37,41-43H,15,18,21,23-25H2,1-2H3. The average Bonchev–Trinajstić information content (AvgIpc) is 3.06. The quantitative estimate of drug-likeness (QED) is 0.124. The number of phenols is 2. The zero-order valence-electron chi connectivity index (χ0n) is 25.8. The van der Waals surface area contributed by atoms with Gasteiger partial charge in [-0.2, -0.15) is 0 Å². The number of aromatic hydroxyl groups is 2. The number of fused-ring (bicyclic) bond motifs is 1. The molecule has 5 rings (SSSR count). The number of hydrogen-bond acceptors (Lipinski definition) is 6. The van der Waals surface area contributed by atoms with E-state index in [1.165, 1.54) is 7.11 Å². The van der Waals surface area contributed by atoms with Crippen molar-refractivity contribution in [2.24, 2.45) is 5.92 Å². The minimum Gasteiger partial charge on any atom is -0.504 e. The number of ketones is 1. The van der Waals surface area contributed by atoms with Crippen LogP contribution in [0.5, 0.6) is 23.0 Å². The van der Waals surface area contributed by atoms with E-state index in [1.54, 1.807) is 31.4 Å². The van der Waals surface area contributed by atoms with Crippen LogP contribution >= 0.6 is 0 Å². The maximum absolute atomic E-state index is 13.1. The second-order valence-corrected chi connectivity index (χ2v) is 11.5. The molecule has 6 heteroatoms. The van der Waals surface area contributed by atoms with Crippen LogP contribution in [0.15, 0.2) is 103 Å². The van der Waals surface area contributed by atoms with E-state index in [4.69, 9.17) is 9.47 Å². The Morgan fingerprint density at radius 3 is 2.24 bits per heavy atom. The molecule has 0 aliphatic carbocycles. The Labute approximate surface area is 264 Å². The molecule has 0 aliphatic rings. The van der Waals surface area contributed by atoms with Gasteiger partial charge in [-0.05, 0) is 76.4 Å². The van der Waals surface area contributed by atoms with Crippen LogP contribution in [0.25, 0.3) is 10.8 Å². The fraction of sp³-hybridized carbons (Fsp3) is 0.256. The fourth-order valence-corrected chi connectivity index (χ4v) is 6.11. The third-order valence-corrected chi connectivity index (χ3v) is 8.53. The number of phenolic OH excluding ortho intramolecular Hbond substituents is 2. The Morgan fingerprint density at radius 2 is 1.47 bits per heavy atom. The summed E-state index contributed by atoms with van der Waals surface area (Å²) < 4.78 is 10.9. The van der Waals surface area contributed by atoms with Gasteiger partial charge in [0.15, 0.2) is 23.0 Å². The van der Waals surface area contributed by atoms with Gasteiger partial charge in [-0.3, -0.25) is 4.79 Å². The van der Waals surface area contributed by atoms with Gasteiger partial charge in [-0.25, -0.2) is 0 Å². The lowest BCUT2D eigenvalue weighted by Gasteiger charge is -2.25. The van der Waals surface area contributed by atoms with Crippen LogP contribution in [0.1, 0.15) is 40.7 Å². The lowest BCUT2D eigenvalue weighted by Crippen LogP contribution is -2.28. The first kappa shape index (κ1) is 31.6. The maximum atomic E-state index is 13.1. The Morgan fingerprint density at radius 1 is 0.733 bits per heavy atom. The van der Waals surface area contributed by atoms with Gasteiger partial charge >= 0.3 is 0 Å². The first-order valence-electron chi connectivity index (χ1n) is 15.3. The molecule has 0 aromatic heterocycles. The molecule has 232 valence electrons. The molecule has 0 aliphatic heterocycles. The Hall–Kier alpha value is -4.81. The monoisotopic (exact) mass is 604 g/mol. The van der Waals surface area contributed by atoms with Crippen LogP contribution < -0.4 is 9.47 Å². The Balaban J connectivity index is 1.40. The van der Waals surface area contributed by atoms with Crippen molar-refractivity contribution in [3.05, 3.63) is 131 Å². The van der Waals surface area contributed by atoms with E-state index in [0.29, 0.717) is 37.2 Å². The zero-order valence-corrected chi connectivity index (χ0v) is 25.8. The second kappa shape index (κ2) is 14.8. The number of hydrogen-bond donors (Lipinski definition) is 3. The topological polar surface area (TPSA) is 96.2 Å². The van der Waals surface area contributed by atoms with E-state index in [0.717, 1.165) is 38.6 Å². The summed E-state index contributed by atoms with van der Waals surface area (Å²) in [6.07, 6.45) is 1.52. The highest BCUT2D eigenvalue weighted by Gasteiger charge is 2.26. The number of rotatable bonds is 14. The van der Waals surface area contributed by atoms with E-state index in [1.807, 2.05) is 54.6 Å². The zero-order chi connectivity index (χ0) is 31.8. The van der Waals surface area contributed by atoms with Crippen molar-refractivity contribution in [3.63, 3.8) is 0 Å². The van der Waals surface area contributed by atoms with Crippen LogP contribution in [0.2, 0.25) is 0 Å². The normalized spacial score (nSPS) is 12.5. The molecule has 5 aromatic rings. The average molecular weight is 605 g/mol. The summed E-state index contributed by atoms with van der Waals surface area (Å²) in [7, 11) is 3.05. The molecule has 0 saturated carbocycles. The molecule has 3 N–H and O–H groups in total. The van der Waals surface area contributed by atoms with Crippen molar-refractivity contribution in [2.45, 2.75) is 44.6 Å². The minimum absolute atomic E-state index is 0.0284. The second-order valence-electron chi connectivity index (χ2n) is 11.5. The van der Waals surface area contributed by atoms with Crippen molar-refractivity contribution in [2.75, 3.05) is 14.2 Å². The molecule has 0 amide bonds. The van der Waals surface area contributed by atoms with Gasteiger partial charge in [0.05, 0.1) is 20.3 Å². The summed E-state index contributed by atoms with van der Waals surface area (Å²) in [6.45, 7) is 0. The highest BCUT2D eigenvalue weighted by molar-refractivity contribution is 5.86. The van der Waals surface area contributed by atoms with Gasteiger partial charge < -0.3 is 24.8 Å². The molecular formula is C39H40O6. The van der Waals surface area contributed by atoms with Crippen LogP contribution in [0.3, 0.4) is 0 Å². The molecule has 0 spiro atoms. The summed E-state index contributed by atoms with van der Waals surface area (Å²) in [6, 6.07) is 33.0. The van der Waals surface area contributed by atoms with Crippen LogP contribution in [-0.2, 0) is 30.5 Å². The van der Waals surface area contributed by atoms with E-state index >= 15 is 0 Å². The number of aliphatic hydroxyl groups excluding tert-OH is 1. The maximum Gasteiger partial charge on any atom is 0.164 e. The summed E-state index contributed by atoms with van der Waals surface area (Å²) >= 11 is 0. The lowest BCUT2D eigenvalue weighted by molar-refractivity contribution is -0.121. The summed E-state index contributed by atoms with van der Waals surface area (Å²) in [4.78, 5) is 13.1. The van der Waals surface area contributed by atoms with Gasteiger partial charge in [-0.15, -0.1) is 0 Å². The molecule has 5 aromatic carbocycles. The Kier molecular flexibility index (Phi) is 10.4. The molecule has 0 saturated heterocycles. The van der Waals surface area contributed by atoms with E-state index < -0.39 is 6.10 Å². The van der Waals surface area contributed by atoms with Crippen LogP contribution in [0.4, 0.5) is 0 Å². The van der Waals surface area contributed by atoms with Crippen LogP contribution in [0, 0.1) is 5.92 Å². The third kappa shape index (κ3) is 7.83. The molecule has 2 atom stereocenters. The smallest absolute Gasteiger partial charge is 0.164 e. The molecule has 0 bridgehead atoms. The molecule has 6 nitrogen and oxygen atoms in total. The molecule has 0 radical (unpaired) electrons. The fourth-order valence-electron chi connectivity index (χ4n) is 6.11. The highest BCUT2D eigenvalue weighted by atomic mass is 16.5. The summed E-state index contributed by atoms with van der Waals surface area (Å²) in [5, 5.41) is 34.5. The molecule has 0 fully saturated rings. The van der Waals surface area contributed by atoms with Gasteiger partial charge in [-0.1, -0.05) is 84.9 Å². The van der Waals surface area contributed by atoms with Gasteiger partial charge in [0, 0.05) is 24.8 Å². The SMILES string of the molecule is COc1cc(CCC(=O)CC(O)C(Cc2ccccc2)Cc2ccc(O)c(OC)c2Cc2cccc3ccccc23)ccc1O. The first-order chi connectivity index (χ1) is 21.9. The van der Waals surface area contributed by atoms with Crippen molar-refractivity contribution in [1.29, 1.82) is 0 Å². The number of carbonyl (C=O) groups excluding carboxylic acids is 1. The number of Topliss-reactive ketones (excluding diaryl/α,β-unsaturated/α-hetero) is 1. The van der Waals surface area contributed by atoms with E-state index in [2.05, 4.69) is 24.3 Å². The number of ether oxygens (including phenoxy) is 2. The third-order valence-electron chi connectivity index (χ3n) is 8.53. The van der Waals surface area contributed by atoms with Gasteiger partial charge in [0.1, 0.15) is 5.78 Å². The number of methoxy groups -OCH3 is 2. The van der Waals surface area contributed by atoms with Gasteiger partial charge in [0.25, 0.3) is 0 Å². The van der Waals surface area contributed by atoms with Crippen molar-refractivity contribution in [3.8, 4) is 23.0 Å². The summed E-state index contributed by atoms with van der Waals surface area (Å²) in [5.41, 5.74) is 4.89. The lowest BCUT2D eigenvalue weighted by atomic mass is 9.83. The van der Waals surface area contributed by atoms with Crippen molar-refractivity contribution >= 4 is 16.6 Å². The highest BCUT2D eigenvalue weighted by Crippen LogP contribution is 2.37. The van der Waals surface area contributed by atoms with Gasteiger partial charge in [0.2, 0.25) is 0 Å². The van der Waals surface area contributed by atoms with E-state index in [9.17, 15) is 20.1 Å². The molecule has 0 heterocycles. The predicted octanol–water partition coefficient (Wildman–Crippen LogP) is 7.21. The number of carbonyl (C=O) groups is 1. The Bertz CT molecular complexity index is 1740. The molecule has 2 unspecified atom stereocenters. The van der Waals surface area contributed by atoms with Crippen molar-refractivity contribution < 1.29 is 29.6 Å². The summed E-state index contributed by atoms with van der Waals surface area (Å²) in [5.74, 6) is 0.618. The number of aliphatic hydroxyl groups is 1. The largest absolute Gasteiger partial charge is 0.504 e. The molecular weight excluding hydrogens is 564 g/mol. The number of benzene rings is 5. The first-order valence-corrected chi connectivity index (χ1v) is 15.3. The molecule has 45 heavy (non-hydrogen) atoms.